The highest BCUT2D eigenvalue weighted by molar-refractivity contribution is 5.69. The van der Waals surface area contributed by atoms with Gasteiger partial charge in [0.05, 0.1) is 0 Å². The number of anilines is 1. The summed E-state index contributed by atoms with van der Waals surface area (Å²) in [5, 5.41) is 0. The maximum absolute atomic E-state index is 5.80. The summed E-state index contributed by atoms with van der Waals surface area (Å²) in [6.07, 6.45) is 6.24. The summed E-state index contributed by atoms with van der Waals surface area (Å²) in [6.45, 7) is 1.07. The number of nitrogens with zero attached hydrogens (tertiary/aromatic N) is 1. The molecule has 1 fully saturated rings. The van der Waals surface area contributed by atoms with Crippen LogP contribution in [-0.2, 0) is 6.54 Å². The predicted molar refractivity (Wildman–Crippen MR) is 92.2 cm³/mol. The van der Waals surface area contributed by atoms with Gasteiger partial charge in [-0.3, -0.25) is 4.90 Å². The molecule has 2 N–H and O–H groups in total. The van der Waals surface area contributed by atoms with E-state index < -0.39 is 0 Å². The van der Waals surface area contributed by atoms with Gasteiger partial charge < -0.3 is 5.73 Å². The predicted octanol–water partition coefficient (Wildman–Crippen LogP) is 4.09. The van der Waals surface area contributed by atoms with Crippen molar-refractivity contribution in [2.75, 3.05) is 5.73 Å². The summed E-state index contributed by atoms with van der Waals surface area (Å²) in [5.74, 6) is 0. The van der Waals surface area contributed by atoms with Gasteiger partial charge >= 0.3 is 0 Å². The molecule has 2 nitrogen and oxygen atoms in total. The zero-order valence-electron chi connectivity index (χ0n) is 12.8. The second-order valence-electron chi connectivity index (χ2n) is 6.47. The van der Waals surface area contributed by atoms with Gasteiger partial charge in [0, 0.05) is 24.3 Å². The molecule has 1 saturated heterocycles. The van der Waals surface area contributed by atoms with Crippen molar-refractivity contribution in [2.45, 2.75) is 37.9 Å². The fourth-order valence-electron chi connectivity index (χ4n) is 3.87. The largest absolute Gasteiger partial charge is 0.399 e. The van der Waals surface area contributed by atoms with E-state index in [1.165, 1.54) is 29.5 Å². The van der Waals surface area contributed by atoms with Gasteiger partial charge in [0.1, 0.15) is 0 Å². The molecule has 112 valence electrons. The topological polar surface area (TPSA) is 29.3 Å². The number of hydrogen-bond donors (Lipinski definition) is 1. The van der Waals surface area contributed by atoms with Crippen molar-refractivity contribution in [1.29, 1.82) is 0 Å². The molecule has 2 heterocycles. The van der Waals surface area contributed by atoms with Crippen molar-refractivity contribution in [3.05, 3.63) is 71.8 Å². The minimum absolute atomic E-state index is 0.589. The molecule has 2 aliphatic rings. The van der Waals surface area contributed by atoms with Crippen LogP contribution >= 0.6 is 0 Å². The summed E-state index contributed by atoms with van der Waals surface area (Å²) < 4.78 is 0. The highest BCUT2D eigenvalue weighted by Gasteiger charge is 2.36. The van der Waals surface area contributed by atoms with Crippen LogP contribution in [0.5, 0.6) is 0 Å². The Balaban J connectivity index is 1.56. The van der Waals surface area contributed by atoms with Gasteiger partial charge in [-0.25, -0.2) is 0 Å². The van der Waals surface area contributed by atoms with Crippen molar-refractivity contribution in [3.63, 3.8) is 0 Å². The molecule has 0 aromatic heterocycles. The Hall–Kier alpha value is -2.06. The van der Waals surface area contributed by atoms with Crippen molar-refractivity contribution < 1.29 is 0 Å². The zero-order chi connectivity index (χ0) is 14.9. The third kappa shape index (κ3) is 2.55. The quantitative estimate of drug-likeness (QED) is 0.863. The Morgan fingerprint density at radius 3 is 2.45 bits per heavy atom. The number of nitrogen functional groups attached to an aromatic ring is 1. The number of benzene rings is 2. The average molecular weight is 290 g/mol. The standard InChI is InChI=1S/C20H22N2/c21-18-8-6-16(7-9-18)17-12-19-10-11-20(13-17)22(19)14-15-4-2-1-3-5-15/h1-9,12,19-20H,10-11,13-14,21H2. The Labute approximate surface area is 132 Å². The summed E-state index contributed by atoms with van der Waals surface area (Å²) >= 11 is 0. The van der Waals surface area contributed by atoms with E-state index >= 15 is 0 Å². The fourth-order valence-corrected chi connectivity index (χ4v) is 3.87. The summed E-state index contributed by atoms with van der Waals surface area (Å²) in [5.41, 5.74) is 10.9. The lowest BCUT2D eigenvalue weighted by Crippen LogP contribution is -2.37. The summed E-state index contributed by atoms with van der Waals surface area (Å²) in [6, 6.07) is 20.4. The second-order valence-corrected chi connectivity index (χ2v) is 6.47. The van der Waals surface area contributed by atoms with Crippen LogP contribution in [0.25, 0.3) is 5.57 Å². The smallest absolute Gasteiger partial charge is 0.0314 e. The highest BCUT2D eigenvalue weighted by Crippen LogP contribution is 2.39. The minimum atomic E-state index is 0.589. The van der Waals surface area contributed by atoms with E-state index in [4.69, 9.17) is 5.73 Å². The maximum Gasteiger partial charge on any atom is 0.0314 e. The van der Waals surface area contributed by atoms with Gasteiger partial charge in [-0.15, -0.1) is 0 Å². The molecule has 22 heavy (non-hydrogen) atoms. The van der Waals surface area contributed by atoms with Crippen LogP contribution in [0, 0.1) is 0 Å². The Morgan fingerprint density at radius 1 is 0.955 bits per heavy atom. The lowest BCUT2D eigenvalue weighted by Gasteiger charge is -2.34. The molecule has 2 bridgehead atoms. The van der Waals surface area contributed by atoms with Gasteiger partial charge in [0.2, 0.25) is 0 Å². The van der Waals surface area contributed by atoms with E-state index in [0.717, 1.165) is 18.7 Å². The van der Waals surface area contributed by atoms with Gasteiger partial charge in [-0.1, -0.05) is 48.5 Å². The molecule has 0 aliphatic carbocycles. The molecule has 0 saturated carbocycles. The lowest BCUT2D eigenvalue weighted by molar-refractivity contribution is 0.203. The van der Waals surface area contributed by atoms with E-state index in [9.17, 15) is 0 Å². The molecule has 4 rings (SSSR count). The van der Waals surface area contributed by atoms with Gasteiger partial charge in [0.25, 0.3) is 0 Å². The Morgan fingerprint density at radius 2 is 1.73 bits per heavy atom. The van der Waals surface area contributed by atoms with Gasteiger partial charge in [0.15, 0.2) is 0 Å². The van der Waals surface area contributed by atoms with Crippen LogP contribution in [0.2, 0.25) is 0 Å². The summed E-state index contributed by atoms with van der Waals surface area (Å²) in [4.78, 5) is 2.68. The third-order valence-electron chi connectivity index (χ3n) is 5.03. The molecular weight excluding hydrogens is 268 g/mol. The molecular formula is C20H22N2. The monoisotopic (exact) mass is 290 g/mol. The molecule has 2 aliphatic heterocycles. The maximum atomic E-state index is 5.80. The number of hydrogen-bond acceptors (Lipinski definition) is 2. The van der Waals surface area contributed by atoms with Gasteiger partial charge in [-0.2, -0.15) is 0 Å². The molecule has 2 heteroatoms. The number of fused-ring (bicyclic) bond motifs is 2. The van der Waals surface area contributed by atoms with E-state index in [-0.39, 0.29) is 0 Å². The number of rotatable bonds is 3. The fraction of sp³-hybridized carbons (Fsp3) is 0.300. The molecule has 2 aromatic carbocycles. The van der Waals surface area contributed by atoms with E-state index in [2.05, 4.69) is 53.4 Å². The first-order valence-electron chi connectivity index (χ1n) is 8.16. The molecule has 2 aromatic rings. The van der Waals surface area contributed by atoms with Crippen molar-refractivity contribution in [1.82, 2.24) is 4.90 Å². The SMILES string of the molecule is Nc1ccc(C2=CC3CCC(C2)N3Cc2ccccc2)cc1. The first-order valence-corrected chi connectivity index (χ1v) is 8.16. The Kier molecular flexibility index (Phi) is 3.47. The normalized spacial score (nSPS) is 24.3. The van der Waals surface area contributed by atoms with Crippen molar-refractivity contribution in [3.8, 4) is 0 Å². The van der Waals surface area contributed by atoms with E-state index in [1.807, 2.05) is 12.1 Å². The Bertz CT molecular complexity index is 673. The second kappa shape index (κ2) is 5.62. The lowest BCUT2D eigenvalue weighted by atomic mass is 9.94. The average Bonchev–Trinajstić information content (AvgIpc) is 2.79. The van der Waals surface area contributed by atoms with Crippen LogP contribution in [0.3, 0.4) is 0 Å². The van der Waals surface area contributed by atoms with Crippen molar-refractivity contribution in [2.24, 2.45) is 0 Å². The minimum Gasteiger partial charge on any atom is -0.399 e. The van der Waals surface area contributed by atoms with Crippen LogP contribution in [-0.4, -0.2) is 17.0 Å². The first-order chi connectivity index (χ1) is 10.8. The summed E-state index contributed by atoms with van der Waals surface area (Å²) in [7, 11) is 0. The van der Waals surface area contributed by atoms with Crippen LogP contribution in [0.15, 0.2) is 60.7 Å². The van der Waals surface area contributed by atoms with E-state index in [0.29, 0.717) is 12.1 Å². The van der Waals surface area contributed by atoms with Crippen molar-refractivity contribution >= 4 is 11.3 Å². The van der Waals surface area contributed by atoms with Gasteiger partial charge in [-0.05, 0) is 48.1 Å². The molecule has 0 amide bonds. The highest BCUT2D eigenvalue weighted by atomic mass is 15.2. The molecule has 0 spiro atoms. The van der Waals surface area contributed by atoms with E-state index in [1.54, 1.807) is 0 Å². The van der Waals surface area contributed by atoms with Crippen LogP contribution in [0.4, 0.5) is 5.69 Å². The first kappa shape index (κ1) is 13.6. The van der Waals surface area contributed by atoms with Crippen LogP contribution < -0.4 is 5.73 Å². The molecule has 2 unspecified atom stereocenters. The third-order valence-corrected chi connectivity index (χ3v) is 5.03. The zero-order valence-corrected chi connectivity index (χ0v) is 12.8. The number of nitrogens with two attached hydrogens (primary N) is 1. The van der Waals surface area contributed by atoms with Crippen LogP contribution in [0.1, 0.15) is 30.4 Å². The molecule has 2 atom stereocenters. The molecule has 0 radical (unpaired) electrons.